The van der Waals surface area contributed by atoms with Crippen LogP contribution in [0.1, 0.15) is 50.1 Å². The lowest BCUT2D eigenvalue weighted by molar-refractivity contribution is -0.134. The van der Waals surface area contributed by atoms with Gasteiger partial charge in [0.05, 0.1) is 17.1 Å². The average Bonchev–Trinajstić information content (AvgIpc) is 3.15. The van der Waals surface area contributed by atoms with Crippen molar-refractivity contribution in [3.63, 3.8) is 0 Å². The summed E-state index contributed by atoms with van der Waals surface area (Å²) in [6.07, 6.45) is 3.82. The van der Waals surface area contributed by atoms with E-state index in [0.29, 0.717) is 12.8 Å². The van der Waals surface area contributed by atoms with Crippen LogP contribution in [0.15, 0.2) is 18.2 Å². The van der Waals surface area contributed by atoms with Gasteiger partial charge in [0.15, 0.2) is 0 Å². The molecule has 0 aliphatic carbocycles. The summed E-state index contributed by atoms with van der Waals surface area (Å²) in [5, 5.41) is 11.3. The second-order valence-electron chi connectivity index (χ2n) is 9.57. The molecule has 7 nitrogen and oxygen atoms in total. The number of aromatic nitrogens is 2. The van der Waals surface area contributed by atoms with Gasteiger partial charge in [0.2, 0.25) is 11.8 Å². The minimum absolute atomic E-state index is 0.161. The molecule has 1 aromatic heterocycles. The summed E-state index contributed by atoms with van der Waals surface area (Å²) in [6, 6.07) is 6.24. The number of aryl methyl sites for hydroxylation is 1. The average molecular weight is 442 g/mol. The number of nitrogens with zero attached hydrogens (tertiary/aromatic N) is 3. The van der Waals surface area contributed by atoms with Crippen molar-refractivity contribution < 1.29 is 14.0 Å². The van der Waals surface area contributed by atoms with Gasteiger partial charge in [0.1, 0.15) is 6.17 Å². The molecule has 2 atom stereocenters. The Bertz CT molecular complexity index is 1010. The summed E-state index contributed by atoms with van der Waals surface area (Å²) in [5.74, 6) is -0.498. The molecule has 2 aromatic rings. The van der Waals surface area contributed by atoms with E-state index in [0.717, 1.165) is 74.1 Å². The number of fused-ring (bicyclic) bond motifs is 1. The van der Waals surface area contributed by atoms with Gasteiger partial charge in [-0.25, -0.2) is 4.39 Å². The third kappa shape index (κ3) is 4.00. The number of piperidine rings is 3. The lowest BCUT2D eigenvalue weighted by atomic mass is 9.81. The normalized spacial score (nSPS) is 24.7. The molecule has 1 unspecified atom stereocenters. The molecule has 3 aliphatic heterocycles. The topological polar surface area (TPSA) is 79.3 Å². The molecule has 2 amide bonds. The summed E-state index contributed by atoms with van der Waals surface area (Å²) >= 11 is 0. The number of carbonyl (C=O) groups is 2. The molecule has 3 saturated heterocycles. The zero-order chi connectivity index (χ0) is 22.2. The minimum atomic E-state index is -0.685. The predicted octanol–water partition coefficient (Wildman–Crippen LogP) is 2.65. The number of nitrogens with one attached hydrogen (secondary N) is 2. The molecule has 32 heavy (non-hydrogen) atoms. The van der Waals surface area contributed by atoms with E-state index >= 15 is 4.39 Å². The van der Waals surface area contributed by atoms with Gasteiger partial charge >= 0.3 is 0 Å². The Kier molecular flexibility index (Phi) is 5.88. The lowest BCUT2D eigenvalue weighted by Gasteiger charge is -2.38. The summed E-state index contributed by atoms with van der Waals surface area (Å²) in [6.45, 7) is 3.60. The second kappa shape index (κ2) is 8.81. The Morgan fingerprint density at radius 2 is 1.78 bits per heavy atom. The highest BCUT2D eigenvalue weighted by atomic mass is 19.1. The third-order valence-electron chi connectivity index (χ3n) is 7.62. The molecular weight excluding hydrogens is 409 g/mol. The molecule has 172 valence electrons. The Morgan fingerprint density at radius 1 is 1.06 bits per heavy atom. The molecule has 4 heterocycles. The molecule has 1 aromatic carbocycles. The Hall–Kier alpha value is -2.48. The standard InChI is InChI=1S/C24H32FN5O2/c1-29-20-14-17(2-3-18(20)23(28-29)19-4-5-21(31)27-24(19)32)30-12-8-16(9-13-30)22(25)15-6-10-26-11-7-15/h2-3,14-16,19,22,26H,4-13H2,1H3,(H,27,31,32)/t19?,22-/m0/s1. The van der Waals surface area contributed by atoms with Crippen LogP contribution in [0.3, 0.4) is 0 Å². The highest BCUT2D eigenvalue weighted by Crippen LogP contribution is 2.35. The maximum atomic E-state index is 15.1. The first-order valence-electron chi connectivity index (χ1n) is 11.9. The number of amides is 2. The maximum absolute atomic E-state index is 15.1. The van der Waals surface area contributed by atoms with Gasteiger partial charge in [0.25, 0.3) is 0 Å². The molecule has 0 saturated carbocycles. The summed E-state index contributed by atoms with van der Waals surface area (Å²) in [4.78, 5) is 26.2. The van der Waals surface area contributed by atoms with Gasteiger partial charge < -0.3 is 10.2 Å². The zero-order valence-electron chi connectivity index (χ0n) is 18.6. The van der Waals surface area contributed by atoms with E-state index < -0.39 is 12.1 Å². The smallest absolute Gasteiger partial charge is 0.235 e. The summed E-state index contributed by atoms with van der Waals surface area (Å²) < 4.78 is 16.9. The van der Waals surface area contributed by atoms with Crippen molar-refractivity contribution in [1.82, 2.24) is 20.4 Å². The predicted molar refractivity (Wildman–Crippen MR) is 121 cm³/mol. The quantitative estimate of drug-likeness (QED) is 0.714. The van der Waals surface area contributed by atoms with E-state index in [1.165, 1.54) is 0 Å². The van der Waals surface area contributed by atoms with Gasteiger partial charge in [-0.15, -0.1) is 0 Å². The van der Waals surface area contributed by atoms with Crippen LogP contribution in [0.5, 0.6) is 0 Å². The third-order valence-corrected chi connectivity index (χ3v) is 7.62. The Labute approximate surface area is 187 Å². The largest absolute Gasteiger partial charge is 0.371 e. The second-order valence-corrected chi connectivity index (χ2v) is 9.57. The monoisotopic (exact) mass is 441 g/mol. The maximum Gasteiger partial charge on any atom is 0.235 e. The molecule has 5 rings (SSSR count). The molecule has 0 radical (unpaired) electrons. The SMILES string of the molecule is Cn1nc(C2CCC(=O)NC2=O)c2ccc(N3CCC([C@@H](F)C4CCNCC4)CC3)cc21. The van der Waals surface area contributed by atoms with Gasteiger partial charge in [0, 0.05) is 37.6 Å². The number of halogens is 1. The van der Waals surface area contributed by atoms with Crippen molar-refractivity contribution in [2.24, 2.45) is 18.9 Å². The fourth-order valence-corrected chi connectivity index (χ4v) is 5.71. The van der Waals surface area contributed by atoms with E-state index in [2.05, 4.69) is 32.8 Å². The highest BCUT2D eigenvalue weighted by Gasteiger charge is 2.34. The van der Waals surface area contributed by atoms with Crippen molar-refractivity contribution in [1.29, 1.82) is 0 Å². The number of carbonyl (C=O) groups excluding carboxylic acids is 2. The number of anilines is 1. The highest BCUT2D eigenvalue weighted by molar-refractivity contribution is 6.02. The molecule has 0 bridgehead atoms. The van der Waals surface area contributed by atoms with E-state index in [1.54, 1.807) is 0 Å². The van der Waals surface area contributed by atoms with Crippen LogP contribution >= 0.6 is 0 Å². The van der Waals surface area contributed by atoms with Crippen LogP contribution in [0, 0.1) is 11.8 Å². The van der Waals surface area contributed by atoms with E-state index in [4.69, 9.17) is 0 Å². The van der Waals surface area contributed by atoms with Crippen LogP contribution in [0.25, 0.3) is 10.9 Å². The fourth-order valence-electron chi connectivity index (χ4n) is 5.71. The number of benzene rings is 1. The molecule has 0 spiro atoms. The van der Waals surface area contributed by atoms with Gasteiger partial charge in [-0.3, -0.25) is 19.6 Å². The molecule has 2 N–H and O–H groups in total. The lowest BCUT2D eigenvalue weighted by Crippen LogP contribution is -2.41. The van der Waals surface area contributed by atoms with Crippen LogP contribution < -0.4 is 15.5 Å². The fraction of sp³-hybridized carbons (Fsp3) is 0.625. The summed E-state index contributed by atoms with van der Waals surface area (Å²) in [5.41, 5.74) is 2.83. The molecular formula is C24H32FN5O2. The van der Waals surface area contributed by atoms with E-state index in [1.807, 2.05) is 17.8 Å². The number of alkyl halides is 1. The van der Waals surface area contributed by atoms with Gasteiger partial charge in [-0.05, 0) is 75.2 Å². The number of rotatable bonds is 4. The van der Waals surface area contributed by atoms with Gasteiger partial charge in [-0.2, -0.15) is 5.10 Å². The van der Waals surface area contributed by atoms with Crippen LogP contribution in [0.2, 0.25) is 0 Å². The van der Waals surface area contributed by atoms with Crippen molar-refractivity contribution >= 4 is 28.4 Å². The van der Waals surface area contributed by atoms with Crippen molar-refractivity contribution in [2.45, 2.75) is 50.6 Å². The molecule has 3 aliphatic rings. The minimum Gasteiger partial charge on any atom is -0.371 e. The van der Waals surface area contributed by atoms with Crippen molar-refractivity contribution in [3.8, 4) is 0 Å². The van der Waals surface area contributed by atoms with Gasteiger partial charge in [-0.1, -0.05) is 0 Å². The first-order valence-corrected chi connectivity index (χ1v) is 11.9. The number of hydrogen-bond donors (Lipinski definition) is 2. The first kappa shape index (κ1) is 21.4. The van der Waals surface area contributed by atoms with Crippen LogP contribution in [-0.4, -0.2) is 53.9 Å². The molecule has 8 heteroatoms. The first-order chi connectivity index (χ1) is 15.5. The van der Waals surface area contributed by atoms with E-state index in [9.17, 15) is 9.59 Å². The number of hydrogen-bond acceptors (Lipinski definition) is 5. The van der Waals surface area contributed by atoms with Crippen LogP contribution in [0.4, 0.5) is 10.1 Å². The zero-order valence-corrected chi connectivity index (χ0v) is 18.6. The van der Waals surface area contributed by atoms with Crippen molar-refractivity contribution in [3.05, 3.63) is 23.9 Å². The number of imide groups is 1. The summed E-state index contributed by atoms with van der Waals surface area (Å²) in [7, 11) is 1.89. The van der Waals surface area contributed by atoms with E-state index in [-0.39, 0.29) is 23.7 Å². The Balaban J connectivity index is 1.29. The molecule has 3 fully saturated rings. The Morgan fingerprint density at radius 3 is 2.50 bits per heavy atom. The van der Waals surface area contributed by atoms with Crippen LogP contribution in [-0.2, 0) is 16.6 Å². The van der Waals surface area contributed by atoms with Crippen molar-refractivity contribution in [2.75, 3.05) is 31.1 Å².